The van der Waals surface area contributed by atoms with Crippen molar-refractivity contribution in [3.05, 3.63) is 24.0 Å². The van der Waals surface area contributed by atoms with E-state index in [4.69, 9.17) is 11.6 Å². The maximum atomic E-state index is 12.1. The van der Waals surface area contributed by atoms with Crippen molar-refractivity contribution in [1.82, 2.24) is 3.97 Å². The Balaban J connectivity index is 3.31. The van der Waals surface area contributed by atoms with Gasteiger partial charge in [0.25, 0.3) is 0 Å². The van der Waals surface area contributed by atoms with Gasteiger partial charge in [0.1, 0.15) is 0 Å². The smallest absolute Gasteiger partial charge is 0.241 e. The van der Waals surface area contributed by atoms with Gasteiger partial charge >= 0.3 is 15.5 Å². The first-order chi connectivity index (χ1) is 6.30. The standard InChI is InChI=1S/C6H5ClF3NO2S/c7-4-5-2-1-3-11(5)14(12,13)6(8,9)10/h1-3H,4H2. The zero-order valence-electron chi connectivity index (χ0n) is 6.62. The largest absolute Gasteiger partial charge is 0.517 e. The second-order valence-electron chi connectivity index (χ2n) is 2.38. The monoisotopic (exact) mass is 247 g/mol. The summed E-state index contributed by atoms with van der Waals surface area (Å²) in [4.78, 5) is 0. The molecule has 8 heteroatoms. The van der Waals surface area contributed by atoms with Crippen LogP contribution < -0.4 is 0 Å². The highest BCUT2D eigenvalue weighted by Gasteiger charge is 2.47. The van der Waals surface area contributed by atoms with Crippen LogP contribution in [-0.2, 0) is 15.9 Å². The number of hydrogen-bond acceptors (Lipinski definition) is 2. The molecule has 14 heavy (non-hydrogen) atoms. The van der Waals surface area contributed by atoms with Crippen LogP contribution in [0.5, 0.6) is 0 Å². The summed E-state index contributed by atoms with van der Waals surface area (Å²) in [7, 11) is -5.34. The third kappa shape index (κ3) is 1.74. The molecule has 0 atom stereocenters. The molecule has 0 spiro atoms. The van der Waals surface area contributed by atoms with Crippen LogP contribution in [0.3, 0.4) is 0 Å². The number of nitrogens with zero attached hydrogens (tertiary/aromatic N) is 1. The van der Waals surface area contributed by atoms with E-state index in [2.05, 4.69) is 0 Å². The molecule has 0 N–H and O–H groups in total. The van der Waals surface area contributed by atoms with Crippen LogP contribution >= 0.6 is 11.6 Å². The van der Waals surface area contributed by atoms with E-state index in [1.807, 2.05) is 0 Å². The Morgan fingerprint density at radius 1 is 1.43 bits per heavy atom. The van der Waals surface area contributed by atoms with Crippen molar-refractivity contribution in [1.29, 1.82) is 0 Å². The lowest BCUT2D eigenvalue weighted by Crippen LogP contribution is -2.30. The van der Waals surface area contributed by atoms with Crippen LogP contribution in [0.25, 0.3) is 0 Å². The van der Waals surface area contributed by atoms with Gasteiger partial charge in [-0.2, -0.15) is 21.6 Å². The van der Waals surface area contributed by atoms with Crippen LogP contribution in [0.1, 0.15) is 5.69 Å². The lowest BCUT2D eigenvalue weighted by Gasteiger charge is -2.10. The Morgan fingerprint density at radius 2 is 2.00 bits per heavy atom. The van der Waals surface area contributed by atoms with Crippen LogP contribution in [0.4, 0.5) is 13.2 Å². The van der Waals surface area contributed by atoms with E-state index in [1.165, 1.54) is 12.1 Å². The van der Waals surface area contributed by atoms with Crippen molar-refractivity contribution in [2.24, 2.45) is 0 Å². The molecule has 0 bridgehead atoms. The first-order valence-corrected chi connectivity index (χ1v) is 5.32. The normalized spacial score (nSPS) is 13.1. The van der Waals surface area contributed by atoms with E-state index >= 15 is 0 Å². The van der Waals surface area contributed by atoms with Crippen LogP contribution in [0, 0.1) is 0 Å². The van der Waals surface area contributed by atoms with Gasteiger partial charge in [0.15, 0.2) is 0 Å². The number of rotatable bonds is 2. The minimum Gasteiger partial charge on any atom is -0.241 e. The van der Waals surface area contributed by atoms with Crippen molar-refractivity contribution in [3.63, 3.8) is 0 Å². The minimum atomic E-state index is -5.34. The molecule has 80 valence electrons. The quantitative estimate of drug-likeness (QED) is 0.749. The molecule has 0 aliphatic heterocycles. The summed E-state index contributed by atoms with van der Waals surface area (Å²) in [5, 5.41) is 0. The zero-order chi connectivity index (χ0) is 11.0. The number of aromatic nitrogens is 1. The van der Waals surface area contributed by atoms with Crippen molar-refractivity contribution in [3.8, 4) is 0 Å². The number of halogens is 4. The van der Waals surface area contributed by atoms with Gasteiger partial charge in [0.2, 0.25) is 0 Å². The summed E-state index contributed by atoms with van der Waals surface area (Å²) in [6, 6.07) is 2.39. The van der Waals surface area contributed by atoms with Gasteiger partial charge in [0, 0.05) is 11.9 Å². The van der Waals surface area contributed by atoms with Gasteiger partial charge in [-0.1, -0.05) is 0 Å². The van der Waals surface area contributed by atoms with Gasteiger partial charge in [-0.15, -0.1) is 11.6 Å². The molecular weight excluding hydrogens is 243 g/mol. The van der Waals surface area contributed by atoms with E-state index in [0.717, 1.165) is 6.20 Å². The lowest BCUT2D eigenvalue weighted by molar-refractivity contribution is -0.0446. The van der Waals surface area contributed by atoms with E-state index in [-0.39, 0.29) is 15.5 Å². The maximum absolute atomic E-state index is 12.1. The average molecular weight is 248 g/mol. The first kappa shape index (κ1) is 11.4. The van der Waals surface area contributed by atoms with E-state index in [9.17, 15) is 21.6 Å². The molecule has 0 radical (unpaired) electrons. The average Bonchev–Trinajstić information content (AvgIpc) is 2.49. The molecule has 0 amide bonds. The zero-order valence-corrected chi connectivity index (χ0v) is 8.20. The third-order valence-electron chi connectivity index (χ3n) is 1.48. The van der Waals surface area contributed by atoms with Gasteiger partial charge < -0.3 is 0 Å². The molecular formula is C6H5ClF3NO2S. The summed E-state index contributed by atoms with van der Waals surface area (Å²) in [5.74, 6) is -0.303. The van der Waals surface area contributed by atoms with E-state index < -0.39 is 15.5 Å². The number of alkyl halides is 4. The van der Waals surface area contributed by atoms with Crippen molar-refractivity contribution in [2.75, 3.05) is 0 Å². The Hall–Kier alpha value is -0.690. The van der Waals surface area contributed by atoms with Crippen LogP contribution in [-0.4, -0.2) is 17.9 Å². The van der Waals surface area contributed by atoms with Gasteiger partial charge in [-0.3, -0.25) is 0 Å². The molecule has 0 aromatic carbocycles. The summed E-state index contributed by atoms with van der Waals surface area (Å²) < 4.78 is 58.1. The van der Waals surface area contributed by atoms with Crippen molar-refractivity contribution in [2.45, 2.75) is 11.4 Å². The Labute approximate surface area is 83.1 Å². The van der Waals surface area contributed by atoms with Gasteiger partial charge in [0.05, 0.1) is 5.88 Å². The minimum absolute atomic E-state index is 0.121. The molecule has 0 saturated heterocycles. The second-order valence-corrected chi connectivity index (χ2v) is 4.45. The fraction of sp³-hybridized carbons (Fsp3) is 0.333. The second kappa shape index (κ2) is 3.47. The van der Waals surface area contributed by atoms with Crippen molar-refractivity contribution < 1.29 is 21.6 Å². The maximum Gasteiger partial charge on any atom is 0.517 e. The topological polar surface area (TPSA) is 39.1 Å². The van der Waals surface area contributed by atoms with Gasteiger partial charge in [-0.25, -0.2) is 3.97 Å². The fourth-order valence-electron chi connectivity index (χ4n) is 0.851. The molecule has 0 fully saturated rings. The predicted molar refractivity (Wildman–Crippen MR) is 44.4 cm³/mol. The summed E-state index contributed by atoms with van der Waals surface area (Å²) in [5.41, 5.74) is -5.43. The van der Waals surface area contributed by atoms with Crippen LogP contribution in [0.15, 0.2) is 18.3 Å². The fourth-order valence-corrected chi connectivity index (χ4v) is 2.03. The molecule has 1 rings (SSSR count). The Morgan fingerprint density at radius 3 is 2.43 bits per heavy atom. The SMILES string of the molecule is O=S(=O)(n1cccc1CCl)C(F)(F)F. The summed E-state index contributed by atoms with van der Waals surface area (Å²) >= 11 is 5.28. The molecule has 1 aromatic rings. The Bertz CT molecular complexity index is 423. The van der Waals surface area contributed by atoms with Crippen LogP contribution in [0.2, 0.25) is 0 Å². The molecule has 0 saturated carbocycles. The molecule has 0 unspecified atom stereocenters. The lowest BCUT2D eigenvalue weighted by atomic mass is 10.5. The molecule has 0 aliphatic rings. The van der Waals surface area contributed by atoms with Crippen molar-refractivity contribution >= 4 is 21.6 Å². The molecule has 3 nitrogen and oxygen atoms in total. The van der Waals surface area contributed by atoms with Gasteiger partial charge in [-0.05, 0) is 12.1 Å². The molecule has 1 heterocycles. The highest BCUT2D eigenvalue weighted by Crippen LogP contribution is 2.26. The Kier molecular flexibility index (Phi) is 2.82. The molecule has 0 aliphatic carbocycles. The third-order valence-corrected chi connectivity index (χ3v) is 3.21. The predicted octanol–water partition coefficient (Wildman–Crippen LogP) is 1.92. The molecule has 1 aromatic heterocycles. The van der Waals surface area contributed by atoms with E-state index in [1.54, 1.807) is 0 Å². The summed E-state index contributed by atoms with van der Waals surface area (Å²) in [6.45, 7) is 0. The van der Waals surface area contributed by atoms with E-state index in [0.29, 0.717) is 0 Å². The summed E-state index contributed by atoms with van der Waals surface area (Å²) in [6.07, 6.45) is 0.806. The number of hydrogen-bond donors (Lipinski definition) is 0. The highest BCUT2D eigenvalue weighted by molar-refractivity contribution is 7.90. The first-order valence-electron chi connectivity index (χ1n) is 3.34. The highest BCUT2D eigenvalue weighted by atomic mass is 35.5.